The van der Waals surface area contributed by atoms with Crippen molar-refractivity contribution in [1.29, 1.82) is 0 Å². The standard InChI is InChI=1S/C11H19N3O2/c1-3-10-12-11(16-13-10)14-6-4-9(5-7-14)8-15-2/h9H,3-8H2,1-2H3. The van der Waals surface area contributed by atoms with E-state index in [4.69, 9.17) is 9.26 Å². The maximum Gasteiger partial charge on any atom is 0.324 e. The maximum absolute atomic E-state index is 5.22. The van der Waals surface area contributed by atoms with Crippen molar-refractivity contribution in [3.8, 4) is 0 Å². The third-order valence-electron chi connectivity index (χ3n) is 3.06. The minimum atomic E-state index is 0.674. The fourth-order valence-corrected chi connectivity index (χ4v) is 2.04. The van der Waals surface area contributed by atoms with E-state index < -0.39 is 0 Å². The molecule has 0 aliphatic carbocycles. The number of hydrogen-bond donors (Lipinski definition) is 0. The molecule has 1 aromatic rings. The second kappa shape index (κ2) is 5.30. The SMILES string of the molecule is CCc1noc(N2CCC(COC)CC2)n1. The van der Waals surface area contributed by atoms with Gasteiger partial charge in [-0.25, -0.2) is 0 Å². The third kappa shape index (κ3) is 2.52. The van der Waals surface area contributed by atoms with Gasteiger partial charge in [-0.15, -0.1) is 0 Å². The van der Waals surface area contributed by atoms with Crippen LogP contribution in [0.1, 0.15) is 25.6 Å². The summed E-state index contributed by atoms with van der Waals surface area (Å²) >= 11 is 0. The van der Waals surface area contributed by atoms with Gasteiger partial charge in [0.1, 0.15) is 0 Å². The molecule has 0 atom stereocenters. The Morgan fingerprint density at radius 3 is 2.75 bits per heavy atom. The number of anilines is 1. The molecule has 2 heterocycles. The molecule has 5 nitrogen and oxygen atoms in total. The molecule has 16 heavy (non-hydrogen) atoms. The van der Waals surface area contributed by atoms with Crippen LogP contribution in [0.5, 0.6) is 0 Å². The molecule has 1 aliphatic heterocycles. The Bertz CT molecular complexity index is 319. The smallest absolute Gasteiger partial charge is 0.324 e. The molecule has 0 saturated carbocycles. The normalized spacial score (nSPS) is 18.0. The molecule has 1 saturated heterocycles. The topological polar surface area (TPSA) is 51.4 Å². The van der Waals surface area contributed by atoms with Crippen LogP contribution in [0.3, 0.4) is 0 Å². The van der Waals surface area contributed by atoms with Gasteiger partial charge in [0.05, 0.1) is 0 Å². The van der Waals surface area contributed by atoms with Crippen LogP contribution >= 0.6 is 0 Å². The van der Waals surface area contributed by atoms with Crippen molar-refractivity contribution in [2.75, 3.05) is 31.7 Å². The number of piperidine rings is 1. The first-order chi connectivity index (χ1) is 7.83. The predicted molar refractivity (Wildman–Crippen MR) is 60.5 cm³/mol. The summed E-state index contributed by atoms with van der Waals surface area (Å²) in [4.78, 5) is 6.51. The molecule has 1 fully saturated rings. The Balaban J connectivity index is 1.88. The second-order valence-corrected chi connectivity index (χ2v) is 4.23. The summed E-state index contributed by atoms with van der Waals surface area (Å²) in [6.45, 7) is 4.86. The Labute approximate surface area is 95.8 Å². The third-order valence-corrected chi connectivity index (χ3v) is 3.06. The van der Waals surface area contributed by atoms with Crippen molar-refractivity contribution < 1.29 is 9.26 Å². The van der Waals surface area contributed by atoms with E-state index in [1.54, 1.807) is 7.11 Å². The first-order valence-corrected chi connectivity index (χ1v) is 5.90. The van der Waals surface area contributed by atoms with E-state index >= 15 is 0 Å². The van der Waals surface area contributed by atoms with E-state index in [0.717, 1.165) is 44.8 Å². The highest BCUT2D eigenvalue weighted by Gasteiger charge is 2.22. The van der Waals surface area contributed by atoms with Crippen LogP contribution in [-0.4, -0.2) is 36.9 Å². The van der Waals surface area contributed by atoms with Crippen LogP contribution in [-0.2, 0) is 11.2 Å². The molecule has 1 aliphatic rings. The zero-order valence-corrected chi connectivity index (χ0v) is 9.98. The molecule has 0 spiro atoms. The van der Waals surface area contributed by atoms with Crippen molar-refractivity contribution in [1.82, 2.24) is 10.1 Å². The van der Waals surface area contributed by atoms with Crippen molar-refractivity contribution in [3.63, 3.8) is 0 Å². The molecule has 0 bridgehead atoms. The number of methoxy groups -OCH3 is 1. The number of aryl methyl sites for hydroxylation is 1. The molecule has 0 N–H and O–H groups in total. The largest absolute Gasteiger partial charge is 0.384 e. The molecular weight excluding hydrogens is 206 g/mol. The van der Waals surface area contributed by atoms with Crippen LogP contribution in [0.25, 0.3) is 0 Å². The van der Waals surface area contributed by atoms with Crippen molar-refractivity contribution >= 4 is 6.01 Å². The number of nitrogens with zero attached hydrogens (tertiary/aromatic N) is 3. The summed E-state index contributed by atoms with van der Waals surface area (Å²) in [6, 6.07) is 0.674. The number of hydrogen-bond acceptors (Lipinski definition) is 5. The Hall–Kier alpha value is -1.10. The monoisotopic (exact) mass is 225 g/mol. The fraction of sp³-hybridized carbons (Fsp3) is 0.818. The van der Waals surface area contributed by atoms with Crippen LogP contribution in [0, 0.1) is 5.92 Å². The van der Waals surface area contributed by atoms with Gasteiger partial charge in [-0.1, -0.05) is 12.1 Å². The van der Waals surface area contributed by atoms with Gasteiger partial charge in [0.2, 0.25) is 0 Å². The highest BCUT2D eigenvalue weighted by Crippen LogP contribution is 2.21. The zero-order chi connectivity index (χ0) is 11.4. The van der Waals surface area contributed by atoms with Gasteiger partial charge < -0.3 is 14.2 Å². The van der Waals surface area contributed by atoms with Gasteiger partial charge in [-0.2, -0.15) is 4.98 Å². The highest BCUT2D eigenvalue weighted by molar-refractivity contribution is 5.25. The van der Waals surface area contributed by atoms with Gasteiger partial charge in [0.15, 0.2) is 5.82 Å². The Kier molecular flexibility index (Phi) is 3.77. The van der Waals surface area contributed by atoms with Gasteiger partial charge >= 0.3 is 6.01 Å². The van der Waals surface area contributed by atoms with Crippen molar-refractivity contribution in [2.24, 2.45) is 5.92 Å². The maximum atomic E-state index is 5.22. The number of ether oxygens (including phenoxy) is 1. The van der Waals surface area contributed by atoms with Crippen molar-refractivity contribution in [3.05, 3.63) is 5.82 Å². The molecule has 0 amide bonds. The number of aromatic nitrogens is 2. The summed E-state index contributed by atoms with van der Waals surface area (Å²) in [5.74, 6) is 1.46. The first-order valence-electron chi connectivity index (χ1n) is 5.90. The lowest BCUT2D eigenvalue weighted by Gasteiger charge is -2.29. The van der Waals surface area contributed by atoms with Crippen LogP contribution < -0.4 is 4.90 Å². The van der Waals surface area contributed by atoms with Gasteiger partial charge in [-0.05, 0) is 18.8 Å². The number of rotatable bonds is 4. The Morgan fingerprint density at radius 2 is 2.19 bits per heavy atom. The van der Waals surface area contributed by atoms with E-state index in [0.29, 0.717) is 11.9 Å². The predicted octanol–water partition coefficient (Wildman–Crippen LogP) is 1.49. The van der Waals surface area contributed by atoms with E-state index in [9.17, 15) is 0 Å². The molecule has 0 aromatic carbocycles. The molecule has 90 valence electrons. The van der Waals surface area contributed by atoms with Gasteiger partial charge in [-0.3, -0.25) is 0 Å². The lowest BCUT2D eigenvalue weighted by atomic mass is 9.98. The van der Waals surface area contributed by atoms with E-state index in [1.165, 1.54) is 0 Å². The lowest BCUT2D eigenvalue weighted by Crippen LogP contribution is -2.35. The summed E-state index contributed by atoms with van der Waals surface area (Å²) in [7, 11) is 1.76. The molecular formula is C11H19N3O2. The summed E-state index contributed by atoms with van der Waals surface area (Å²) < 4.78 is 10.4. The second-order valence-electron chi connectivity index (χ2n) is 4.23. The fourth-order valence-electron chi connectivity index (χ4n) is 2.04. The zero-order valence-electron chi connectivity index (χ0n) is 9.98. The summed E-state index contributed by atoms with van der Waals surface area (Å²) in [5.41, 5.74) is 0. The Morgan fingerprint density at radius 1 is 1.44 bits per heavy atom. The molecule has 2 rings (SSSR count). The van der Waals surface area contributed by atoms with Gasteiger partial charge in [0, 0.05) is 33.2 Å². The highest BCUT2D eigenvalue weighted by atomic mass is 16.5. The molecule has 1 aromatic heterocycles. The molecule has 5 heteroatoms. The molecule has 0 radical (unpaired) electrons. The quantitative estimate of drug-likeness (QED) is 0.777. The van der Waals surface area contributed by atoms with E-state index in [1.807, 2.05) is 6.92 Å². The van der Waals surface area contributed by atoms with Crippen LogP contribution in [0.15, 0.2) is 4.52 Å². The minimum Gasteiger partial charge on any atom is -0.384 e. The lowest BCUT2D eigenvalue weighted by molar-refractivity contribution is 0.138. The van der Waals surface area contributed by atoms with E-state index in [-0.39, 0.29) is 0 Å². The first kappa shape index (κ1) is 11.4. The van der Waals surface area contributed by atoms with Crippen LogP contribution in [0.4, 0.5) is 6.01 Å². The average Bonchev–Trinajstić information content (AvgIpc) is 2.79. The minimum absolute atomic E-state index is 0.674. The van der Waals surface area contributed by atoms with E-state index in [2.05, 4.69) is 15.0 Å². The van der Waals surface area contributed by atoms with Gasteiger partial charge in [0.25, 0.3) is 0 Å². The summed E-state index contributed by atoms with van der Waals surface area (Å²) in [5, 5.41) is 3.91. The van der Waals surface area contributed by atoms with Crippen LogP contribution in [0.2, 0.25) is 0 Å². The van der Waals surface area contributed by atoms with Crippen molar-refractivity contribution in [2.45, 2.75) is 26.2 Å². The average molecular weight is 225 g/mol. The molecule has 0 unspecified atom stereocenters. The summed E-state index contributed by atoms with van der Waals surface area (Å²) in [6.07, 6.45) is 3.10.